The van der Waals surface area contributed by atoms with Gasteiger partial charge in [0.2, 0.25) is 0 Å². The number of carbonyl (C=O) groups excluding carboxylic acids is 3. The number of carbonyl (C=O) groups is 3. The van der Waals surface area contributed by atoms with Crippen molar-refractivity contribution in [3.8, 4) is 0 Å². The van der Waals surface area contributed by atoms with Crippen LogP contribution in [0.1, 0.15) is 201 Å². The number of rotatable bonds is 44. The Morgan fingerprint density at radius 1 is 0.557 bits per heavy atom. The van der Waals surface area contributed by atoms with Gasteiger partial charge >= 0.3 is 27.6 Å². The maximum atomic E-state index is 12.7. The largest absolute Gasteiger partial charge is 0.472 e. The third-order valence-corrected chi connectivity index (χ3v) is 11.4. The molecule has 0 fully saturated rings. The summed E-state index contributed by atoms with van der Waals surface area (Å²) in [6, 6.07) is 0. The molecule has 0 aromatic heterocycles. The first-order chi connectivity index (χ1) is 29.1. The lowest BCUT2D eigenvalue weighted by atomic mass is 10.0. The minimum absolute atomic E-state index is 0.0885. The summed E-state index contributed by atoms with van der Waals surface area (Å²) in [4.78, 5) is 64.8. The van der Waals surface area contributed by atoms with E-state index in [-0.39, 0.29) is 18.6 Å². The van der Waals surface area contributed by atoms with Crippen LogP contribution in [0.5, 0.6) is 0 Å². The number of allylic oxidation sites excluding steroid dienone is 4. The minimum atomic E-state index is -4.88. The molecule has 0 aromatic rings. The van der Waals surface area contributed by atoms with Crippen molar-refractivity contribution in [2.45, 2.75) is 213 Å². The van der Waals surface area contributed by atoms with Crippen LogP contribution in [-0.4, -0.2) is 76.1 Å². The smallest absolute Gasteiger partial charge is 0.462 e. The van der Waals surface area contributed by atoms with E-state index in [1.807, 2.05) is 6.08 Å². The molecule has 0 saturated carbocycles. The Morgan fingerprint density at radius 3 is 1.56 bits per heavy atom. The van der Waals surface area contributed by atoms with E-state index < -0.39 is 66.2 Å². The molecule has 61 heavy (non-hydrogen) atoms. The zero-order valence-electron chi connectivity index (χ0n) is 37.9. The first-order valence-electron chi connectivity index (χ1n) is 23.3. The van der Waals surface area contributed by atoms with E-state index in [4.69, 9.17) is 23.8 Å². The zero-order valence-corrected chi connectivity index (χ0v) is 39.7. The van der Waals surface area contributed by atoms with Crippen LogP contribution in [0.3, 0.4) is 0 Å². The van der Waals surface area contributed by atoms with Crippen molar-refractivity contribution < 1.29 is 66.3 Å². The van der Waals surface area contributed by atoms with Crippen molar-refractivity contribution in [1.82, 2.24) is 0 Å². The van der Waals surface area contributed by atoms with E-state index in [9.17, 15) is 33.5 Å². The van der Waals surface area contributed by atoms with E-state index in [0.717, 1.165) is 63.7 Å². The molecule has 0 amide bonds. The highest BCUT2D eigenvalue weighted by Gasteiger charge is 2.28. The van der Waals surface area contributed by atoms with Crippen LogP contribution in [0.2, 0.25) is 0 Å². The average molecular weight is 911 g/mol. The van der Waals surface area contributed by atoms with Crippen LogP contribution in [-0.2, 0) is 46.6 Å². The summed E-state index contributed by atoms with van der Waals surface area (Å²) < 4.78 is 47.8. The highest BCUT2D eigenvalue weighted by Crippen LogP contribution is 2.43. The van der Waals surface area contributed by atoms with Crippen molar-refractivity contribution in [3.63, 3.8) is 0 Å². The maximum Gasteiger partial charge on any atom is 0.472 e. The van der Waals surface area contributed by atoms with Gasteiger partial charge in [-0.2, -0.15) is 0 Å². The number of unbranched alkanes of at least 4 members (excludes halogenated alkanes) is 21. The van der Waals surface area contributed by atoms with Gasteiger partial charge in [0.1, 0.15) is 12.7 Å². The van der Waals surface area contributed by atoms with E-state index >= 15 is 0 Å². The normalized spacial score (nSPS) is 14.2. The minimum Gasteiger partial charge on any atom is -0.462 e. The monoisotopic (exact) mass is 911 g/mol. The molecule has 0 radical (unpaired) electrons. The second kappa shape index (κ2) is 39.8. The van der Waals surface area contributed by atoms with Crippen molar-refractivity contribution in [3.05, 3.63) is 24.3 Å². The molecule has 0 saturated heterocycles. The molecule has 1 unspecified atom stereocenters. The standard InChI is InChI=1S/C45H84O14P2/c1-4-5-6-7-17-22-27-32-41(46)33-28-23-20-25-29-34-44(48)55-38-43(39-58-61(53,54)57-37-42(47)36-56-60(50,51)52)59-45(49)35-30-24-19-16-14-12-10-8-9-11-13-15-18-21-26-31-40(2)3/h17,22,27,32,40,42-43,47H,4-16,18-21,23-26,28-31,33-39H2,1-3H3,(H,53,54)(H2,50,51,52)/b22-17-,32-27+/t42-,43+/m0/s1. The lowest BCUT2D eigenvalue weighted by Crippen LogP contribution is -2.30. The Morgan fingerprint density at radius 2 is 1.03 bits per heavy atom. The molecule has 0 aliphatic heterocycles. The molecule has 4 N–H and O–H groups in total. The molecule has 0 heterocycles. The molecule has 0 spiro atoms. The highest BCUT2D eigenvalue weighted by molar-refractivity contribution is 7.47. The van der Waals surface area contributed by atoms with Crippen molar-refractivity contribution in [1.29, 1.82) is 0 Å². The molecule has 0 aromatic carbocycles. The number of phosphoric acid groups is 2. The van der Waals surface area contributed by atoms with Gasteiger partial charge in [-0.15, -0.1) is 0 Å². The summed E-state index contributed by atoms with van der Waals surface area (Å²) in [6.45, 7) is 3.93. The molecular weight excluding hydrogens is 826 g/mol. The molecular formula is C45H84O14P2. The fraction of sp³-hybridized carbons (Fsp3) is 0.844. The third kappa shape index (κ3) is 44.7. The fourth-order valence-corrected chi connectivity index (χ4v) is 7.55. The van der Waals surface area contributed by atoms with Gasteiger partial charge in [0.15, 0.2) is 11.9 Å². The quantitative estimate of drug-likeness (QED) is 0.0147. The van der Waals surface area contributed by atoms with Crippen molar-refractivity contribution in [2.75, 3.05) is 26.4 Å². The van der Waals surface area contributed by atoms with Gasteiger partial charge in [-0.1, -0.05) is 167 Å². The predicted molar refractivity (Wildman–Crippen MR) is 240 cm³/mol. The zero-order chi connectivity index (χ0) is 45.5. The van der Waals surface area contributed by atoms with E-state index in [0.29, 0.717) is 19.3 Å². The topological polar surface area (TPSA) is 212 Å². The van der Waals surface area contributed by atoms with Crippen LogP contribution in [0.15, 0.2) is 24.3 Å². The van der Waals surface area contributed by atoms with E-state index in [2.05, 4.69) is 35.9 Å². The number of aliphatic hydroxyl groups excluding tert-OH is 1. The van der Waals surface area contributed by atoms with Gasteiger partial charge in [-0.25, -0.2) is 9.13 Å². The Hall–Kier alpha value is -1.73. The summed E-state index contributed by atoms with van der Waals surface area (Å²) in [6.07, 6.45) is 32.8. The van der Waals surface area contributed by atoms with Gasteiger partial charge in [-0.05, 0) is 44.1 Å². The Balaban J connectivity index is 4.52. The molecule has 14 nitrogen and oxygen atoms in total. The second-order valence-corrected chi connectivity index (χ2v) is 19.2. The lowest BCUT2D eigenvalue weighted by Gasteiger charge is -2.20. The summed E-state index contributed by atoms with van der Waals surface area (Å²) in [5.41, 5.74) is 0. The van der Waals surface area contributed by atoms with Crippen LogP contribution in [0, 0.1) is 5.92 Å². The molecule has 3 atom stereocenters. The number of aliphatic hydroxyl groups is 1. The highest BCUT2D eigenvalue weighted by atomic mass is 31.2. The van der Waals surface area contributed by atoms with E-state index in [1.54, 1.807) is 12.2 Å². The summed E-state index contributed by atoms with van der Waals surface area (Å²) in [5, 5.41) is 9.75. The number of ketones is 1. The molecule has 0 aliphatic rings. The van der Waals surface area contributed by atoms with Crippen LogP contribution in [0.4, 0.5) is 0 Å². The molecule has 358 valence electrons. The van der Waals surface area contributed by atoms with Gasteiger partial charge in [0.25, 0.3) is 0 Å². The number of hydrogen-bond donors (Lipinski definition) is 4. The predicted octanol–water partition coefficient (Wildman–Crippen LogP) is 11.3. The number of esters is 2. The lowest BCUT2D eigenvalue weighted by molar-refractivity contribution is -0.161. The van der Waals surface area contributed by atoms with Gasteiger partial charge in [0.05, 0.1) is 19.8 Å². The summed E-state index contributed by atoms with van der Waals surface area (Å²) in [5.74, 6) is -0.218. The molecule has 0 bridgehead atoms. The Bertz CT molecular complexity index is 1250. The average Bonchev–Trinajstić information content (AvgIpc) is 3.20. The SMILES string of the molecule is CCCCC/C=C\C=C\C(=O)CCCCCCCC(=O)OC[C@H](COP(=O)(O)OC[C@@H](O)COP(=O)(O)O)OC(=O)CCCCCCCCCCCCCCCCCC(C)C. The fourth-order valence-electron chi connectivity index (χ4n) is 6.40. The number of phosphoric ester groups is 2. The first-order valence-corrected chi connectivity index (χ1v) is 26.4. The van der Waals surface area contributed by atoms with Crippen LogP contribution < -0.4 is 0 Å². The van der Waals surface area contributed by atoms with Crippen molar-refractivity contribution >= 4 is 33.4 Å². The van der Waals surface area contributed by atoms with Crippen LogP contribution in [0.25, 0.3) is 0 Å². The molecule has 0 aliphatic carbocycles. The Kier molecular flexibility index (Phi) is 38.7. The van der Waals surface area contributed by atoms with E-state index in [1.165, 1.54) is 89.9 Å². The number of hydrogen-bond acceptors (Lipinski definition) is 11. The molecule has 16 heteroatoms. The third-order valence-electron chi connectivity index (χ3n) is 9.99. The van der Waals surface area contributed by atoms with Crippen LogP contribution >= 0.6 is 15.6 Å². The number of ether oxygens (including phenoxy) is 2. The first kappa shape index (κ1) is 59.3. The molecule has 0 rings (SSSR count). The van der Waals surface area contributed by atoms with Gasteiger partial charge < -0.3 is 29.3 Å². The maximum absolute atomic E-state index is 12.7. The van der Waals surface area contributed by atoms with Crippen molar-refractivity contribution in [2.24, 2.45) is 5.92 Å². The summed E-state index contributed by atoms with van der Waals surface area (Å²) in [7, 11) is -9.71. The van der Waals surface area contributed by atoms with Gasteiger partial charge in [0, 0.05) is 19.3 Å². The summed E-state index contributed by atoms with van der Waals surface area (Å²) >= 11 is 0. The Labute approximate surface area is 368 Å². The van der Waals surface area contributed by atoms with Gasteiger partial charge in [-0.3, -0.25) is 28.0 Å². The second-order valence-electron chi connectivity index (χ2n) is 16.5.